The number of hydrogen-bond donors (Lipinski definition) is 1. The minimum absolute atomic E-state index is 0.0218. The maximum atomic E-state index is 14.0. The maximum absolute atomic E-state index is 14.0. The van der Waals surface area contributed by atoms with Crippen LogP contribution in [0, 0.1) is 26.7 Å². The molecule has 0 radical (unpaired) electrons. The summed E-state index contributed by atoms with van der Waals surface area (Å²) in [4.78, 5) is 29.4. The molecule has 7 nitrogen and oxygen atoms in total. The van der Waals surface area contributed by atoms with Gasteiger partial charge in [-0.25, -0.2) is 9.97 Å². The Bertz CT molecular complexity index is 1380. The van der Waals surface area contributed by atoms with Gasteiger partial charge >= 0.3 is 0 Å². The van der Waals surface area contributed by atoms with Gasteiger partial charge in [-0.3, -0.25) is 4.79 Å². The van der Waals surface area contributed by atoms with Gasteiger partial charge in [0, 0.05) is 30.4 Å². The smallest absolute Gasteiger partial charge is 0.295 e. The molecule has 2 aromatic heterocycles. The number of amides is 1. The van der Waals surface area contributed by atoms with E-state index >= 15 is 0 Å². The second-order valence-electron chi connectivity index (χ2n) is 9.59. The summed E-state index contributed by atoms with van der Waals surface area (Å²) in [5.74, 6) is 1.07. The summed E-state index contributed by atoms with van der Waals surface area (Å²) >= 11 is 0. The highest BCUT2D eigenvalue weighted by Crippen LogP contribution is 2.30. The number of hydrogen-bond acceptors (Lipinski definition) is 6. The number of nitrogens with one attached hydrogen (secondary N) is 1. The third-order valence-corrected chi connectivity index (χ3v) is 6.84. The summed E-state index contributed by atoms with van der Waals surface area (Å²) in [5.41, 5.74) is 6.06. The number of fused-ring (bicyclic) bond motifs is 1. The lowest BCUT2D eigenvalue weighted by molar-refractivity contribution is 0.0540. The third kappa shape index (κ3) is 4.76. The minimum Gasteiger partial charge on any atom is -0.424 e. The molecule has 0 spiro atoms. The first-order valence-corrected chi connectivity index (χ1v) is 12.2. The quantitative estimate of drug-likeness (QED) is 0.412. The van der Waals surface area contributed by atoms with E-state index in [1.165, 1.54) is 0 Å². The highest BCUT2D eigenvalue weighted by Gasteiger charge is 2.33. The van der Waals surface area contributed by atoms with Crippen molar-refractivity contribution in [1.29, 1.82) is 0 Å². The van der Waals surface area contributed by atoms with Crippen LogP contribution in [0.25, 0.3) is 22.4 Å². The van der Waals surface area contributed by atoms with Gasteiger partial charge < -0.3 is 14.6 Å². The Balaban J connectivity index is 1.42. The summed E-state index contributed by atoms with van der Waals surface area (Å²) < 4.78 is 5.89. The zero-order valence-corrected chi connectivity index (χ0v) is 20.7. The fourth-order valence-electron chi connectivity index (χ4n) is 4.94. The number of aryl methyl sites for hydroxylation is 3. The lowest BCUT2D eigenvalue weighted by Gasteiger charge is -2.40. The van der Waals surface area contributed by atoms with Crippen LogP contribution in [0.5, 0.6) is 0 Å². The van der Waals surface area contributed by atoms with Crippen molar-refractivity contribution in [1.82, 2.24) is 19.9 Å². The van der Waals surface area contributed by atoms with Crippen molar-refractivity contribution in [2.24, 2.45) is 5.92 Å². The van der Waals surface area contributed by atoms with E-state index in [1.54, 1.807) is 6.20 Å². The molecule has 0 saturated carbocycles. The summed E-state index contributed by atoms with van der Waals surface area (Å²) in [6.07, 6.45) is 3.80. The second kappa shape index (κ2) is 9.49. The van der Waals surface area contributed by atoms with Gasteiger partial charge in [0.15, 0.2) is 5.58 Å². The average Bonchev–Trinajstić information content (AvgIpc) is 3.24. The Kier molecular flexibility index (Phi) is 6.24. The monoisotopic (exact) mass is 469 g/mol. The minimum atomic E-state index is 0.0218. The van der Waals surface area contributed by atoms with Gasteiger partial charge in [0.1, 0.15) is 11.3 Å². The van der Waals surface area contributed by atoms with Crippen molar-refractivity contribution >= 4 is 23.0 Å². The van der Waals surface area contributed by atoms with Crippen LogP contribution in [-0.4, -0.2) is 44.9 Å². The molecule has 180 valence electrons. The van der Waals surface area contributed by atoms with Crippen molar-refractivity contribution in [2.75, 3.05) is 18.4 Å². The van der Waals surface area contributed by atoms with Crippen LogP contribution < -0.4 is 5.32 Å². The number of aromatic nitrogens is 3. The predicted octanol–water partition coefficient (Wildman–Crippen LogP) is 5.56. The summed E-state index contributed by atoms with van der Waals surface area (Å²) in [7, 11) is 0. The summed E-state index contributed by atoms with van der Waals surface area (Å²) in [6, 6.07) is 14.3. The Morgan fingerprint density at radius 1 is 1.09 bits per heavy atom. The molecule has 0 aliphatic carbocycles. The molecule has 1 amide bonds. The second-order valence-corrected chi connectivity index (χ2v) is 9.59. The molecule has 1 fully saturated rings. The first-order chi connectivity index (χ1) is 16.9. The topological polar surface area (TPSA) is 84.2 Å². The number of nitrogens with zero attached hydrogens (tertiary/aromatic N) is 4. The van der Waals surface area contributed by atoms with Crippen molar-refractivity contribution in [2.45, 2.75) is 46.6 Å². The van der Waals surface area contributed by atoms with E-state index in [9.17, 15) is 4.79 Å². The van der Waals surface area contributed by atoms with E-state index in [1.807, 2.05) is 68.1 Å². The predicted molar refractivity (Wildman–Crippen MR) is 137 cm³/mol. The van der Waals surface area contributed by atoms with Crippen LogP contribution in [0.1, 0.15) is 47.1 Å². The molecule has 7 heteroatoms. The normalized spacial score (nSPS) is 18.1. The molecule has 3 heterocycles. The number of anilines is 1. The largest absolute Gasteiger partial charge is 0.424 e. The molecule has 2 atom stereocenters. The SMILES string of the molecule is Cc1ccc(-c2ccnc(C)n2)c(C(=O)N2CCC[C@@H](C)[C@H]2CNc2nc3cc(C)ccc3o2)c1. The van der Waals surface area contributed by atoms with E-state index in [2.05, 4.69) is 27.2 Å². The molecule has 4 aromatic rings. The van der Waals surface area contributed by atoms with E-state index in [-0.39, 0.29) is 11.9 Å². The molecule has 35 heavy (non-hydrogen) atoms. The van der Waals surface area contributed by atoms with E-state index in [0.717, 1.165) is 52.9 Å². The van der Waals surface area contributed by atoms with E-state index < -0.39 is 0 Å². The molecule has 1 N–H and O–H groups in total. The van der Waals surface area contributed by atoms with Crippen LogP contribution in [0.15, 0.2) is 53.1 Å². The van der Waals surface area contributed by atoms with Gasteiger partial charge in [0.2, 0.25) is 0 Å². The van der Waals surface area contributed by atoms with Crippen molar-refractivity contribution in [3.05, 3.63) is 71.2 Å². The number of carbonyl (C=O) groups is 1. The Morgan fingerprint density at radius 2 is 1.89 bits per heavy atom. The maximum Gasteiger partial charge on any atom is 0.295 e. The lowest BCUT2D eigenvalue weighted by atomic mass is 9.89. The van der Waals surface area contributed by atoms with Crippen molar-refractivity contribution in [3.63, 3.8) is 0 Å². The number of piperidine rings is 1. The number of carbonyl (C=O) groups excluding carboxylic acids is 1. The first kappa shape index (κ1) is 23.0. The van der Waals surface area contributed by atoms with Crippen LogP contribution in [0.2, 0.25) is 0 Å². The number of benzene rings is 2. The Hall–Kier alpha value is -3.74. The highest BCUT2D eigenvalue weighted by atomic mass is 16.4. The van der Waals surface area contributed by atoms with Gasteiger partial charge in [0.25, 0.3) is 11.9 Å². The van der Waals surface area contributed by atoms with E-state index in [0.29, 0.717) is 29.9 Å². The van der Waals surface area contributed by atoms with Crippen LogP contribution in [0.4, 0.5) is 6.01 Å². The average molecular weight is 470 g/mol. The fraction of sp³-hybridized carbons (Fsp3) is 0.357. The van der Waals surface area contributed by atoms with Crippen LogP contribution in [-0.2, 0) is 0 Å². The van der Waals surface area contributed by atoms with Gasteiger partial charge in [0.05, 0.1) is 11.7 Å². The van der Waals surface area contributed by atoms with Gasteiger partial charge in [-0.05, 0) is 69.4 Å². The molecule has 0 unspecified atom stereocenters. The molecule has 1 aliphatic heterocycles. The number of rotatable bonds is 5. The zero-order chi connectivity index (χ0) is 24.5. The lowest BCUT2D eigenvalue weighted by Crippen LogP contribution is -2.51. The highest BCUT2D eigenvalue weighted by molar-refractivity contribution is 6.01. The van der Waals surface area contributed by atoms with Gasteiger partial charge in [-0.2, -0.15) is 4.98 Å². The molecule has 1 saturated heterocycles. The number of oxazole rings is 1. The standard InChI is InChI=1S/C28H31N5O2/c1-17-7-9-21(23-11-12-29-20(4)31-23)22(14-17)27(34)33-13-5-6-19(3)25(33)16-30-28-32-24-15-18(2)8-10-26(24)35-28/h7-12,14-15,19,25H,5-6,13,16H2,1-4H3,(H,30,32)/t19-,25-/m1/s1. The van der Waals surface area contributed by atoms with Crippen LogP contribution >= 0.6 is 0 Å². The van der Waals surface area contributed by atoms with E-state index in [4.69, 9.17) is 4.42 Å². The molecule has 1 aliphatic rings. The first-order valence-electron chi connectivity index (χ1n) is 12.2. The fourth-order valence-corrected chi connectivity index (χ4v) is 4.94. The van der Waals surface area contributed by atoms with Crippen LogP contribution in [0.3, 0.4) is 0 Å². The molecular weight excluding hydrogens is 438 g/mol. The summed E-state index contributed by atoms with van der Waals surface area (Å²) in [5, 5.41) is 3.36. The Morgan fingerprint density at radius 3 is 2.71 bits per heavy atom. The molecule has 0 bridgehead atoms. The van der Waals surface area contributed by atoms with Gasteiger partial charge in [-0.1, -0.05) is 30.7 Å². The third-order valence-electron chi connectivity index (χ3n) is 6.84. The molecular formula is C28H31N5O2. The molecule has 5 rings (SSSR count). The Labute approximate surface area is 205 Å². The van der Waals surface area contributed by atoms with Gasteiger partial charge in [-0.15, -0.1) is 0 Å². The number of likely N-dealkylation sites (tertiary alicyclic amines) is 1. The van der Waals surface area contributed by atoms with Crippen molar-refractivity contribution in [3.8, 4) is 11.3 Å². The van der Waals surface area contributed by atoms with Crippen molar-refractivity contribution < 1.29 is 9.21 Å². The molecule has 2 aromatic carbocycles. The zero-order valence-electron chi connectivity index (χ0n) is 20.7. The summed E-state index contributed by atoms with van der Waals surface area (Å²) in [6.45, 7) is 9.42.